The molecule has 1 aliphatic heterocycles. The average Bonchev–Trinajstić information content (AvgIpc) is 3.49. The van der Waals surface area contributed by atoms with Gasteiger partial charge in [0.2, 0.25) is 0 Å². The zero-order chi connectivity index (χ0) is 23.5. The number of hydrogen-bond acceptors (Lipinski definition) is 6. The van der Waals surface area contributed by atoms with E-state index in [0.717, 1.165) is 29.0 Å². The second-order valence-electron chi connectivity index (χ2n) is 8.74. The molecule has 0 bridgehead atoms. The van der Waals surface area contributed by atoms with Gasteiger partial charge in [0.05, 0.1) is 4.90 Å². The Hall–Kier alpha value is -3.23. The van der Waals surface area contributed by atoms with Crippen LogP contribution in [0.15, 0.2) is 71.8 Å². The Morgan fingerprint density at radius 1 is 1.00 bits per heavy atom. The monoisotopic (exact) mass is 476 g/mol. The van der Waals surface area contributed by atoms with Crippen molar-refractivity contribution in [3.8, 4) is 16.9 Å². The first-order valence-electron chi connectivity index (χ1n) is 11.5. The molecule has 0 amide bonds. The summed E-state index contributed by atoms with van der Waals surface area (Å²) < 4.78 is 31.6. The van der Waals surface area contributed by atoms with Gasteiger partial charge < -0.3 is 4.74 Å². The molecule has 7 nitrogen and oxygen atoms in total. The summed E-state index contributed by atoms with van der Waals surface area (Å²) in [4.78, 5) is 7.48. The van der Waals surface area contributed by atoms with Gasteiger partial charge in [-0.15, -0.1) is 0 Å². The Morgan fingerprint density at radius 2 is 1.79 bits per heavy atom. The van der Waals surface area contributed by atoms with Crippen molar-refractivity contribution in [1.82, 2.24) is 19.5 Å². The van der Waals surface area contributed by atoms with Crippen molar-refractivity contribution < 1.29 is 13.2 Å². The van der Waals surface area contributed by atoms with Crippen LogP contribution in [-0.4, -0.2) is 60.4 Å². The third kappa shape index (κ3) is 5.13. The van der Waals surface area contributed by atoms with E-state index in [1.807, 2.05) is 48.7 Å². The van der Waals surface area contributed by atoms with Crippen LogP contribution in [0.1, 0.15) is 24.2 Å². The van der Waals surface area contributed by atoms with E-state index in [-0.39, 0.29) is 4.90 Å². The molecule has 2 aromatic carbocycles. The lowest BCUT2D eigenvalue weighted by Gasteiger charge is -2.14. The van der Waals surface area contributed by atoms with Gasteiger partial charge in [-0.1, -0.05) is 24.3 Å². The summed E-state index contributed by atoms with van der Waals surface area (Å²) in [6, 6.07) is 18.8. The molecule has 1 aliphatic rings. The van der Waals surface area contributed by atoms with Crippen LogP contribution < -0.4 is 4.74 Å². The maximum Gasteiger partial charge on any atom is 0.175 e. The van der Waals surface area contributed by atoms with Gasteiger partial charge >= 0.3 is 0 Å². The minimum absolute atomic E-state index is 0.287. The number of benzene rings is 2. The van der Waals surface area contributed by atoms with Gasteiger partial charge in [0.15, 0.2) is 21.3 Å². The topological polar surface area (TPSA) is 76.8 Å². The van der Waals surface area contributed by atoms with Crippen LogP contribution in [0, 0.1) is 0 Å². The molecular weight excluding hydrogens is 448 g/mol. The highest BCUT2D eigenvalue weighted by Gasteiger charge is 2.14. The summed E-state index contributed by atoms with van der Waals surface area (Å²) in [6.07, 6.45) is 6.25. The van der Waals surface area contributed by atoms with Crippen LogP contribution in [0.2, 0.25) is 0 Å². The van der Waals surface area contributed by atoms with Gasteiger partial charge in [-0.2, -0.15) is 5.10 Å². The third-order valence-electron chi connectivity index (χ3n) is 6.14. The number of pyridine rings is 1. The van der Waals surface area contributed by atoms with Crippen molar-refractivity contribution in [3.05, 3.63) is 78.2 Å². The number of ether oxygens (including phenoxy) is 1. The van der Waals surface area contributed by atoms with Crippen molar-refractivity contribution >= 4 is 15.5 Å². The van der Waals surface area contributed by atoms with Gasteiger partial charge in [-0.05, 0) is 73.5 Å². The van der Waals surface area contributed by atoms with Gasteiger partial charge in [-0.3, -0.25) is 4.90 Å². The number of fused-ring (bicyclic) bond motifs is 1. The molecule has 8 heteroatoms. The zero-order valence-corrected chi connectivity index (χ0v) is 20.0. The van der Waals surface area contributed by atoms with Crippen LogP contribution in [0.4, 0.5) is 0 Å². The van der Waals surface area contributed by atoms with E-state index in [0.29, 0.717) is 24.5 Å². The van der Waals surface area contributed by atoms with Crippen LogP contribution in [0.3, 0.4) is 0 Å². The van der Waals surface area contributed by atoms with Crippen LogP contribution >= 0.6 is 0 Å². The molecule has 0 unspecified atom stereocenters. The predicted molar refractivity (Wildman–Crippen MR) is 132 cm³/mol. The second kappa shape index (κ2) is 9.56. The molecule has 34 heavy (non-hydrogen) atoms. The minimum atomic E-state index is -3.29. The second-order valence-corrected chi connectivity index (χ2v) is 10.8. The lowest BCUT2D eigenvalue weighted by molar-refractivity contribution is 0.238. The summed E-state index contributed by atoms with van der Waals surface area (Å²) in [7, 11) is -3.29. The fourth-order valence-electron chi connectivity index (χ4n) is 4.33. The molecule has 4 aromatic rings. The molecule has 0 spiro atoms. The number of likely N-dealkylation sites (tertiary alicyclic amines) is 1. The molecule has 0 atom stereocenters. The van der Waals surface area contributed by atoms with E-state index in [2.05, 4.69) is 10.00 Å². The van der Waals surface area contributed by atoms with E-state index in [1.165, 1.54) is 32.2 Å². The molecule has 3 heterocycles. The normalized spacial score (nSPS) is 14.6. The average molecular weight is 477 g/mol. The minimum Gasteiger partial charge on any atom is -0.492 e. The lowest BCUT2D eigenvalue weighted by Crippen LogP contribution is -2.25. The summed E-state index contributed by atoms with van der Waals surface area (Å²) in [5.41, 5.74) is 3.44. The summed E-state index contributed by atoms with van der Waals surface area (Å²) in [6.45, 7) is 4.04. The lowest BCUT2D eigenvalue weighted by atomic mass is 10.1. The Kier molecular flexibility index (Phi) is 6.34. The van der Waals surface area contributed by atoms with Crippen LogP contribution in [0.25, 0.3) is 16.8 Å². The number of rotatable bonds is 8. The molecule has 0 saturated carbocycles. The quantitative estimate of drug-likeness (QED) is 0.384. The zero-order valence-electron chi connectivity index (χ0n) is 19.2. The summed E-state index contributed by atoms with van der Waals surface area (Å²) >= 11 is 0. The summed E-state index contributed by atoms with van der Waals surface area (Å²) in [5, 5.41) is 4.63. The molecule has 0 N–H and O–H groups in total. The molecular formula is C26H28N4O3S. The molecule has 5 rings (SSSR count). The highest BCUT2D eigenvalue weighted by atomic mass is 32.2. The fraction of sp³-hybridized carbons (Fsp3) is 0.308. The predicted octanol–water partition coefficient (Wildman–Crippen LogP) is 3.87. The van der Waals surface area contributed by atoms with E-state index in [4.69, 9.17) is 9.72 Å². The van der Waals surface area contributed by atoms with Crippen molar-refractivity contribution in [2.75, 3.05) is 32.5 Å². The molecule has 1 fully saturated rings. The Morgan fingerprint density at radius 3 is 2.56 bits per heavy atom. The number of nitrogens with zero attached hydrogens (tertiary/aromatic N) is 4. The first kappa shape index (κ1) is 22.6. The Balaban J connectivity index is 1.31. The van der Waals surface area contributed by atoms with Crippen molar-refractivity contribution in [1.29, 1.82) is 0 Å². The molecule has 176 valence electrons. The maximum absolute atomic E-state index is 12.0. The van der Waals surface area contributed by atoms with E-state index in [9.17, 15) is 8.42 Å². The molecule has 0 aliphatic carbocycles. The van der Waals surface area contributed by atoms with Crippen LogP contribution in [0.5, 0.6) is 5.75 Å². The molecule has 0 radical (unpaired) electrons. The number of aromatic nitrogens is 3. The fourth-order valence-corrected chi connectivity index (χ4v) is 5.00. The van der Waals surface area contributed by atoms with E-state index >= 15 is 0 Å². The van der Waals surface area contributed by atoms with Gasteiger partial charge in [0, 0.05) is 31.0 Å². The molecule has 1 saturated heterocycles. The van der Waals surface area contributed by atoms with E-state index in [1.54, 1.807) is 22.7 Å². The standard InChI is InChI=1S/C26H28N4O3S/c1-34(31,32)23-7-4-6-21(19-23)24-8-5-15-30-26(24)27-25(28-30)18-20-9-11-22(12-10-20)33-17-16-29-13-2-3-14-29/h4-12,15,19H,2-3,13-14,16-18H2,1H3. The SMILES string of the molecule is CS(=O)(=O)c1cccc(-c2cccn3nc(Cc4ccc(OCCN5CCCC5)cc4)nc23)c1. The first-order valence-corrected chi connectivity index (χ1v) is 13.4. The summed E-state index contributed by atoms with van der Waals surface area (Å²) in [5.74, 6) is 1.58. The van der Waals surface area contributed by atoms with Crippen LogP contribution in [-0.2, 0) is 16.3 Å². The number of sulfone groups is 1. The van der Waals surface area contributed by atoms with E-state index < -0.39 is 9.84 Å². The van der Waals surface area contributed by atoms with Crippen molar-refractivity contribution in [2.24, 2.45) is 0 Å². The smallest absolute Gasteiger partial charge is 0.175 e. The van der Waals surface area contributed by atoms with Crippen molar-refractivity contribution in [2.45, 2.75) is 24.2 Å². The molecule has 2 aromatic heterocycles. The van der Waals surface area contributed by atoms with Gasteiger partial charge in [0.25, 0.3) is 0 Å². The maximum atomic E-state index is 12.0. The van der Waals surface area contributed by atoms with Gasteiger partial charge in [-0.25, -0.2) is 17.9 Å². The van der Waals surface area contributed by atoms with Crippen molar-refractivity contribution in [3.63, 3.8) is 0 Å². The highest BCUT2D eigenvalue weighted by Crippen LogP contribution is 2.26. The first-order chi connectivity index (χ1) is 16.5. The van der Waals surface area contributed by atoms with Gasteiger partial charge in [0.1, 0.15) is 12.4 Å². The highest BCUT2D eigenvalue weighted by molar-refractivity contribution is 7.90. The largest absolute Gasteiger partial charge is 0.492 e. The Bertz CT molecular complexity index is 1390. The third-order valence-corrected chi connectivity index (χ3v) is 7.25. The Labute approximate surface area is 199 Å². The number of hydrogen-bond donors (Lipinski definition) is 0.